The van der Waals surface area contributed by atoms with Gasteiger partial charge in [0.2, 0.25) is 0 Å². The van der Waals surface area contributed by atoms with E-state index in [-0.39, 0.29) is 26.1 Å². The van der Waals surface area contributed by atoms with E-state index in [0.717, 1.165) is 32.1 Å². The molecule has 0 amide bonds. The van der Waals surface area contributed by atoms with Crippen LogP contribution in [0.5, 0.6) is 0 Å². The van der Waals surface area contributed by atoms with E-state index in [1.165, 1.54) is 103 Å². The first-order chi connectivity index (χ1) is 29.4. The lowest BCUT2D eigenvalue weighted by atomic mass is 10.1. The lowest BCUT2D eigenvalue weighted by Crippen LogP contribution is -2.37. The maximum Gasteiger partial charge on any atom is 0.306 e. The smallest absolute Gasteiger partial charge is 0.306 e. The molecular weight excluding hydrogens is 790 g/mol. The Bertz CT molecular complexity index is 1240. The van der Waals surface area contributed by atoms with Gasteiger partial charge in [-0.1, -0.05) is 164 Å². The van der Waals surface area contributed by atoms with Gasteiger partial charge >= 0.3 is 11.9 Å². The van der Waals surface area contributed by atoms with E-state index >= 15 is 0 Å². The van der Waals surface area contributed by atoms with Gasteiger partial charge < -0.3 is 33.0 Å². The zero-order chi connectivity index (χ0) is 45.1. The average molecular weight is 880 g/mol. The van der Waals surface area contributed by atoms with Crippen LogP contribution in [0.1, 0.15) is 187 Å². The van der Waals surface area contributed by atoms with Crippen molar-refractivity contribution in [3.63, 3.8) is 0 Å². The van der Waals surface area contributed by atoms with Crippen molar-refractivity contribution in [3.8, 4) is 0 Å². The number of phosphoric acid groups is 1. The molecule has 0 fully saturated rings. The highest BCUT2D eigenvalue weighted by Gasteiger charge is 2.21. The summed E-state index contributed by atoms with van der Waals surface area (Å²) in [5.74, 6) is -0.944. The maximum absolute atomic E-state index is 12.7. The molecule has 0 saturated heterocycles. The van der Waals surface area contributed by atoms with E-state index in [4.69, 9.17) is 18.5 Å². The molecule has 0 heterocycles. The summed E-state index contributed by atoms with van der Waals surface area (Å²) in [5, 5.41) is 10.1. The number of hydrogen-bond acceptors (Lipinski definition) is 9. The monoisotopic (exact) mass is 880 g/mol. The third kappa shape index (κ3) is 45.5. The van der Waals surface area contributed by atoms with Crippen molar-refractivity contribution in [2.75, 3.05) is 47.5 Å². The fraction of sp³-hybridized carbons (Fsp3) is 0.760. The number of esters is 2. The van der Waals surface area contributed by atoms with Gasteiger partial charge in [0.15, 0.2) is 6.10 Å². The van der Waals surface area contributed by atoms with Crippen molar-refractivity contribution >= 4 is 19.8 Å². The standard InChI is InChI=1S/C50H90NO9P/c1-6-8-10-12-14-15-16-17-18-19-20-21-22-23-24-25-29-34-38-42-50(54)60-48(46-59-61(55,56)58-44-43-51(3,4)5)45-57-49(53)41-37-33-30-26-28-32-36-40-47(52)39-35-31-27-13-11-9-7-2/h17-18,26-27,30-32,35-36,39,47-48,52H,6-16,19-25,28-29,33-34,37-38,40-46H2,1-5H3/b18-17-,30-26+,31-27-,36-32-,39-35-/t47-,48-/m1/s1. The first-order valence-electron chi connectivity index (χ1n) is 24.1. The molecule has 0 spiro atoms. The van der Waals surface area contributed by atoms with Crippen molar-refractivity contribution < 1.29 is 47.2 Å². The molecule has 0 aromatic carbocycles. The van der Waals surface area contributed by atoms with E-state index in [1.54, 1.807) is 6.08 Å². The molecule has 0 aromatic rings. The molecule has 0 aromatic heterocycles. The first-order valence-corrected chi connectivity index (χ1v) is 25.6. The lowest BCUT2D eigenvalue weighted by Gasteiger charge is -2.28. The van der Waals surface area contributed by atoms with E-state index in [0.29, 0.717) is 36.7 Å². The topological polar surface area (TPSA) is 131 Å². The highest BCUT2D eigenvalue weighted by atomic mass is 31.2. The number of carbonyl (C=O) groups excluding carboxylic acids is 2. The van der Waals surface area contributed by atoms with Gasteiger partial charge in [-0.05, 0) is 70.6 Å². The van der Waals surface area contributed by atoms with Gasteiger partial charge in [0.25, 0.3) is 7.82 Å². The number of unbranched alkanes of at least 4 members (excludes halogenated alkanes) is 19. The summed E-state index contributed by atoms with van der Waals surface area (Å²) in [6.45, 7) is 4.04. The number of aliphatic hydroxyl groups excluding tert-OH is 1. The van der Waals surface area contributed by atoms with E-state index in [9.17, 15) is 24.2 Å². The Morgan fingerprint density at radius 2 is 1.11 bits per heavy atom. The van der Waals surface area contributed by atoms with Gasteiger partial charge in [-0.3, -0.25) is 14.2 Å². The molecule has 0 saturated carbocycles. The second-order valence-corrected chi connectivity index (χ2v) is 18.7. The minimum absolute atomic E-state index is 0.0520. The molecule has 3 atom stereocenters. The Labute approximate surface area is 373 Å². The Morgan fingerprint density at radius 1 is 0.607 bits per heavy atom. The van der Waals surface area contributed by atoms with Crippen LogP contribution in [-0.2, 0) is 32.7 Å². The zero-order valence-electron chi connectivity index (χ0n) is 39.5. The molecular formula is C50H90NO9P. The number of likely N-dealkylation sites (N-methyl/N-ethyl adjacent to an activating group) is 1. The fourth-order valence-electron chi connectivity index (χ4n) is 6.25. The van der Waals surface area contributed by atoms with Crippen LogP contribution in [0.4, 0.5) is 0 Å². The minimum atomic E-state index is -4.66. The molecule has 0 aliphatic rings. The third-order valence-electron chi connectivity index (χ3n) is 10.1. The fourth-order valence-corrected chi connectivity index (χ4v) is 6.98. The van der Waals surface area contributed by atoms with Crippen LogP contribution in [0.25, 0.3) is 0 Å². The number of aliphatic hydroxyl groups is 1. The molecule has 0 rings (SSSR count). The number of nitrogens with zero attached hydrogens (tertiary/aromatic N) is 1. The number of rotatable bonds is 43. The predicted octanol–water partition coefficient (Wildman–Crippen LogP) is 12.4. The van der Waals surface area contributed by atoms with Crippen LogP contribution in [0.15, 0.2) is 60.8 Å². The number of allylic oxidation sites excluding steroid dienone is 8. The number of carbonyl (C=O) groups is 2. The summed E-state index contributed by atoms with van der Waals surface area (Å²) < 4.78 is 33.9. The van der Waals surface area contributed by atoms with Gasteiger partial charge in [0.05, 0.1) is 33.9 Å². The summed E-state index contributed by atoms with van der Waals surface area (Å²) >= 11 is 0. The Hall–Kier alpha value is -2.33. The average Bonchev–Trinajstić information content (AvgIpc) is 3.21. The molecule has 1 unspecified atom stereocenters. The van der Waals surface area contributed by atoms with Crippen LogP contribution < -0.4 is 4.89 Å². The van der Waals surface area contributed by atoms with Crippen LogP contribution >= 0.6 is 7.82 Å². The number of quaternary nitrogens is 1. The SMILES string of the molecule is CCCCC/C=C\C=C/[C@@H](O)C/C=C\C/C=C/CCCC(=O)OC[C@H](COP(=O)([O-])OCC[N+](C)(C)C)OC(=O)CCCCCCCCCCC/C=C\CCCCCCCC. The largest absolute Gasteiger partial charge is 0.756 e. The second-order valence-electron chi connectivity index (χ2n) is 17.3. The number of phosphoric ester groups is 1. The highest BCUT2D eigenvalue weighted by Crippen LogP contribution is 2.38. The zero-order valence-corrected chi connectivity index (χ0v) is 40.4. The minimum Gasteiger partial charge on any atom is -0.756 e. The van der Waals surface area contributed by atoms with Crippen LogP contribution in [-0.4, -0.2) is 81.2 Å². The molecule has 10 nitrogen and oxygen atoms in total. The Balaban J connectivity index is 4.44. The van der Waals surface area contributed by atoms with Gasteiger partial charge in [0, 0.05) is 12.8 Å². The summed E-state index contributed by atoms with van der Waals surface area (Å²) in [6.07, 6.45) is 47.0. The van der Waals surface area contributed by atoms with Crippen molar-refractivity contribution in [3.05, 3.63) is 60.8 Å². The summed E-state index contributed by atoms with van der Waals surface area (Å²) in [4.78, 5) is 37.6. The molecule has 61 heavy (non-hydrogen) atoms. The normalized spacial score (nSPS) is 14.5. The predicted molar refractivity (Wildman–Crippen MR) is 251 cm³/mol. The molecule has 354 valence electrons. The van der Waals surface area contributed by atoms with E-state index < -0.39 is 38.6 Å². The van der Waals surface area contributed by atoms with Crippen LogP contribution in [0, 0.1) is 0 Å². The molecule has 0 aliphatic heterocycles. The van der Waals surface area contributed by atoms with Crippen molar-refractivity contribution in [1.82, 2.24) is 0 Å². The van der Waals surface area contributed by atoms with E-state index in [2.05, 4.69) is 32.1 Å². The molecule has 0 radical (unpaired) electrons. The Kier molecular flexibility index (Phi) is 40.1. The molecule has 0 aliphatic carbocycles. The van der Waals surface area contributed by atoms with Crippen molar-refractivity contribution in [1.29, 1.82) is 0 Å². The summed E-state index contributed by atoms with van der Waals surface area (Å²) in [7, 11) is 1.09. The first kappa shape index (κ1) is 58.7. The van der Waals surface area contributed by atoms with Crippen molar-refractivity contribution in [2.24, 2.45) is 0 Å². The van der Waals surface area contributed by atoms with Gasteiger partial charge in [-0.25, -0.2) is 0 Å². The number of hydrogen-bond donors (Lipinski definition) is 1. The number of ether oxygens (including phenoxy) is 2. The quantitative estimate of drug-likeness (QED) is 0.0159. The third-order valence-corrected chi connectivity index (χ3v) is 11.1. The maximum atomic E-state index is 12.7. The van der Waals surface area contributed by atoms with Gasteiger partial charge in [0.1, 0.15) is 19.8 Å². The Morgan fingerprint density at radius 3 is 1.75 bits per heavy atom. The van der Waals surface area contributed by atoms with E-state index in [1.807, 2.05) is 57.6 Å². The summed E-state index contributed by atoms with van der Waals surface area (Å²) in [6, 6.07) is 0. The van der Waals surface area contributed by atoms with Crippen LogP contribution in [0.3, 0.4) is 0 Å². The highest BCUT2D eigenvalue weighted by molar-refractivity contribution is 7.45. The van der Waals surface area contributed by atoms with Crippen molar-refractivity contribution in [2.45, 2.75) is 199 Å². The summed E-state index contributed by atoms with van der Waals surface area (Å²) in [5.41, 5.74) is 0. The second kappa shape index (κ2) is 41.7. The molecule has 11 heteroatoms. The molecule has 1 N–H and O–H groups in total. The van der Waals surface area contributed by atoms with Crippen LogP contribution in [0.2, 0.25) is 0 Å². The van der Waals surface area contributed by atoms with Gasteiger partial charge in [-0.2, -0.15) is 0 Å². The molecule has 0 bridgehead atoms. The lowest BCUT2D eigenvalue weighted by molar-refractivity contribution is -0.870. The van der Waals surface area contributed by atoms with Gasteiger partial charge in [-0.15, -0.1) is 0 Å².